The van der Waals surface area contributed by atoms with Crippen molar-refractivity contribution in [2.75, 3.05) is 24.8 Å². The van der Waals surface area contributed by atoms with Gasteiger partial charge in [0.25, 0.3) is 5.91 Å². The molecular formula is C22H32N2O6S. The Balaban J connectivity index is 2.08. The third-order valence-electron chi connectivity index (χ3n) is 4.89. The maximum Gasteiger partial charge on any atom is 0.252 e. The van der Waals surface area contributed by atoms with E-state index in [4.69, 9.17) is 4.74 Å². The molecule has 1 heterocycles. The first-order chi connectivity index (χ1) is 14.5. The van der Waals surface area contributed by atoms with Gasteiger partial charge in [0.05, 0.1) is 5.69 Å². The van der Waals surface area contributed by atoms with Crippen LogP contribution in [0.2, 0.25) is 0 Å². The summed E-state index contributed by atoms with van der Waals surface area (Å²) in [7, 11) is 2.85. The van der Waals surface area contributed by atoms with E-state index in [0.717, 1.165) is 10.6 Å². The fourth-order valence-corrected chi connectivity index (χ4v) is 4.19. The van der Waals surface area contributed by atoms with Crippen molar-refractivity contribution in [2.24, 2.45) is 5.41 Å². The van der Waals surface area contributed by atoms with E-state index in [0.29, 0.717) is 5.75 Å². The number of hydrogen-bond donors (Lipinski definition) is 4. The zero-order valence-electron chi connectivity index (χ0n) is 18.5. The number of thioether (sulfide) groups is 1. The second kappa shape index (κ2) is 10.6. The highest BCUT2D eigenvalue weighted by molar-refractivity contribution is 7.99. The van der Waals surface area contributed by atoms with Gasteiger partial charge in [-0.25, -0.2) is 0 Å². The molecule has 2 rings (SSSR count). The van der Waals surface area contributed by atoms with E-state index >= 15 is 0 Å². The Morgan fingerprint density at radius 3 is 2.52 bits per heavy atom. The standard InChI is InChI=1S/C22H32N2O6S/c1-22(2,3)11-10-15(25)17(26)18(27)19(30-5)20(28)23-13-12-31-16-9-7-6-8-14(16)24(4)21(13)29/h6-11,13,15,17-19,25-27H,12H2,1-5H3,(H,23,28)/b11-10-/t13-,15+,17-,18+,19+/m0/s1. The van der Waals surface area contributed by atoms with E-state index in [1.165, 1.54) is 29.8 Å². The van der Waals surface area contributed by atoms with Crippen LogP contribution in [0.3, 0.4) is 0 Å². The fourth-order valence-electron chi connectivity index (χ4n) is 3.09. The van der Waals surface area contributed by atoms with Gasteiger partial charge in [-0.1, -0.05) is 45.1 Å². The van der Waals surface area contributed by atoms with Gasteiger partial charge < -0.3 is 30.3 Å². The van der Waals surface area contributed by atoms with Gasteiger partial charge in [-0.05, 0) is 17.5 Å². The summed E-state index contributed by atoms with van der Waals surface area (Å²) in [5.41, 5.74) is 0.520. The van der Waals surface area contributed by atoms with Gasteiger partial charge in [-0.2, -0.15) is 0 Å². The molecule has 2 amide bonds. The van der Waals surface area contributed by atoms with Crippen LogP contribution in [-0.2, 0) is 14.3 Å². The molecule has 0 radical (unpaired) electrons. The lowest BCUT2D eigenvalue weighted by Gasteiger charge is -2.29. The third kappa shape index (κ3) is 6.54. The van der Waals surface area contributed by atoms with Crippen LogP contribution in [0.25, 0.3) is 0 Å². The number of rotatable bonds is 7. The Kier molecular flexibility index (Phi) is 8.67. The van der Waals surface area contributed by atoms with Crippen molar-refractivity contribution in [3.8, 4) is 0 Å². The summed E-state index contributed by atoms with van der Waals surface area (Å²) in [5.74, 6) is -0.749. The van der Waals surface area contributed by atoms with Crippen LogP contribution >= 0.6 is 11.8 Å². The summed E-state index contributed by atoms with van der Waals surface area (Å²) in [6, 6.07) is 6.59. The molecule has 0 saturated heterocycles. The second-order valence-corrected chi connectivity index (χ2v) is 9.65. The van der Waals surface area contributed by atoms with Crippen molar-refractivity contribution in [3.63, 3.8) is 0 Å². The topological polar surface area (TPSA) is 119 Å². The highest BCUT2D eigenvalue weighted by Crippen LogP contribution is 2.33. The number of carbonyl (C=O) groups is 2. The number of amides is 2. The number of aliphatic hydroxyl groups excluding tert-OH is 3. The smallest absolute Gasteiger partial charge is 0.252 e. The Hall–Kier alpha value is -1.91. The number of nitrogens with one attached hydrogen (secondary N) is 1. The van der Waals surface area contributed by atoms with Gasteiger partial charge >= 0.3 is 0 Å². The Morgan fingerprint density at radius 1 is 1.26 bits per heavy atom. The first-order valence-corrected chi connectivity index (χ1v) is 11.0. The number of fused-ring (bicyclic) bond motifs is 1. The zero-order valence-corrected chi connectivity index (χ0v) is 19.3. The summed E-state index contributed by atoms with van der Waals surface area (Å²) >= 11 is 1.44. The fraction of sp³-hybridized carbons (Fsp3) is 0.545. The summed E-state index contributed by atoms with van der Waals surface area (Å²) in [5, 5.41) is 33.5. The largest absolute Gasteiger partial charge is 0.387 e. The van der Waals surface area contributed by atoms with Crippen LogP contribution < -0.4 is 10.2 Å². The summed E-state index contributed by atoms with van der Waals surface area (Å²) < 4.78 is 5.10. The van der Waals surface area contributed by atoms with Crippen molar-refractivity contribution in [2.45, 2.75) is 56.1 Å². The number of likely N-dealkylation sites (N-methyl/N-ethyl adjacent to an activating group) is 1. The molecule has 31 heavy (non-hydrogen) atoms. The van der Waals surface area contributed by atoms with Crippen LogP contribution in [0.15, 0.2) is 41.3 Å². The first kappa shape index (κ1) is 25.4. The van der Waals surface area contributed by atoms with Crippen molar-refractivity contribution < 1.29 is 29.6 Å². The Bertz CT molecular complexity index is 809. The molecule has 1 aliphatic rings. The lowest BCUT2D eigenvalue weighted by Crippen LogP contribution is -2.56. The van der Waals surface area contributed by atoms with Crippen molar-refractivity contribution in [3.05, 3.63) is 36.4 Å². The zero-order chi connectivity index (χ0) is 23.3. The normalized spacial score (nSPS) is 21.2. The molecule has 4 N–H and O–H groups in total. The van der Waals surface area contributed by atoms with Crippen LogP contribution in [0.4, 0.5) is 5.69 Å². The quantitative estimate of drug-likeness (QED) is 0.455. The molecule has 1 aromatic rings. The molecule has 0 unspecified atom stereocenters. The summed E-state index contributed by atoms with van der Waals surface area (Å²) in [4.78, 5) is 28.0. The molecule has 5 atom stereocenters. The average Bonchev–Trinajstić information content (AvgIpc) is 2.83. The van der Waals surface area contributed by atoms with Gasteiger partial charge in [0, 0.05) is 24.8 Å². The van der Waals surface area contributed by atoms with Gasteiger partial charge in [-0.3, -0.25) is 9.59 Å². The van der Waals surface area contributed by atoms with Crippen molar-refractivity contribution in [1.29, 1.82) is 0 Å². The number of methoxy groups -OCH3 is 1. The lowest BCUT2D eigenvalue weighted by molar-refractivity contribution is -0.150. The van der Waals surface area contributed by atoms with Gasteiger partial charge in [0.15, 0.2) is 6.10 Å². The molecule has 0 fully saturated rings. The Labute approximate surface area is 187 Å². The molecule has 1 aliphatic heterocycles. The molecule has 1 aromatic carbocycles. The minimum Gasteiger partial charge on any atom is -0.387 e. The number of nitrogens with zero attached hydrogens (tertiary/aromatic N) is 1. The minimum atomic E-state index is -1.70. The molecule has 0 bridgehead atoms. The van der Waals surface area contributed by atoms with E-state index in [1.54, 1.807) is 13.1 Å². The van der Waals surface area contributed by atoms with E-state index in [1.807, 2.05) is 45.0 Å². The molecule has 172 valence electrons. The number of benzene rings is 1. The van der Waals surface area contributed by atoms with Crippen LogP contribution in [0, 0.1) is 5.41 Å². The number of carbonyl (C=O) groups excluding carboxylic acids is 2. The number of allylic oxidation sites excluding steroid dienone is 1. The molecule has 0 spiro atoms. The number of aliphatic hydroxyl groups is 3. The van der Waals surface area contributed by atoms with Crippen molar-refractivity contribution >= 4 is 29.3 Å². The second-order valence-electron chi connectivity index (χ2n) is 8.59. The average molecular weight is 453 g/mol. The maximum atomic E-state index is 12.8. The molecule has 9 heteroatoms. The van der Waals surface area contributed by atoms with Crippen LogP contribution in [-0.4, -0.2) is 77.5 Å². The maximum absolute atomic E-state index is 12.8. The van der Waals surface area contributed by atoms with Crippen LogP contribution in [0.1, 0.15) is 20.8 Å². The number of anilines is 1. The highest BCUT2D eigenvalue weighted by Gasteiger charge is 2.38. The van der Waals surface area contributed by atoms with Crippen molar-refractivity contribution in [1.82, 2.24) is 5.32 Å². The predicted octanol–water partition coefficient (Wildman–Crippen LogP) is 0.940. The van der Waals surface area contributed by atoms with Gasteiger partial charge in [0.2, 0.25) is 5.91 Å². The van der Waals surface area contributed by atoms with Gasteiger partial charge in [-0.15, -0.1) is 11.8 Å². The SMILES string of the molecule is CO[C@@H](C(=O)N[C@H]1CSc2ccccc2N(C)C1=O)[C@H](O)[C@@H](O)[C@H](O)/C=C\C(C)(C)C. The minimum absolute atomic E-state index is 0.231. The van der Waals surface area contributed by atoms with E-state index in [9.17, 15) is 24.9 Å². The molecule has 0 aromatic heterocycles. The lowest BCUT2D eigenvalue weighted by atomic mass is 9.94. The van der Waals surface area contributed by atoms with E-state index in [-0.39, 0.29) is 11.3 Å². The van der Waals surface area contributed by atoms with E-state index in [2.05, 4.69) is 5.32 Å². The number of ether oxygens (including phenoxy) is 1. The highest BCUT2D eigenvalue weighted by atomic mass is 32.2. The molecular weight excluding hydrogens is 420 g/mol. The monoisotopic (exact) mass is 452 g/mol. The van der Waals surface area contributed by atoms with E-state index < -0.39 is 36.4 Å². The summed E-state index contributed by atoms with van der Waals surface area (Å²) in [6.07, 6.45) is -3.15. The summed E-state index contributed by atoms with van der Waals surface area (Å²) in [6.45, 7) is 5.75. The number of hydrogen-bond acceptors (Lipinski definition) is 7. The first-order valence-electron chi connectivity index (χ1n) is 10.0. The predicted molar refractivity (Wildman–Crippen MR) is 120 cm³/mol. The van der Waals surface area contributed by atoms with Gasteiger partial charge in [0.1, 0.15) is 24.4 Å². The number of para-hydroxylation sites is 1. The molecule has 0 saturated carbocycles. The molecule has 0 aliphatic carbocycles. The third-order valence-corrected chi connectivity index (χ3v) is 6.05. The Morgan fingerprint density at radius 2 is 1.90 bits per heavy atom. The van der Waals surface area contributed by atoms with Crippen LogP contribution in [0.5, 0.6) is 0 Å². The molecule has 8 nitrogen and oxygen atoms in total.